The first-order valence-electron chi connectivity index (χ1n) is 7.94. The molecule has 0 aliphatic heterocycles. The van der Waals surface area contributed by atoms with Crippen LogP contribution in [-0.4, -0.2) is 17.7 Å². The van der Waals surface area contributed by atoms with Gasteiger partial charge in [0.05, 0.1) is 23.8 Å². The lowest BCUT2D eigenvalue weighted by molar-refractivity contribution is -0.136. The number of ether oxygens (including phenoxy) is 1. The Hall–Kier alpha value is -2.82. The highest BCUT2D eigenvalue weighted by Crippen LogP contribution is 2.29. The van der Waals surface area contributed by atoms with Gasteiger partial charge in [-0.3, -0.25) is 9.59 Å². The fourth-order valence-electron chi connectivity index (χ4n) is 2.67. The van der Waals surface area contributed by atoms with E-state index in [-0.39, 0.29) is 11.8 Å². The van der Waals surface area contributed by atoms with Gasteiger partial charge in [-0.15, -0.1) is 0 Å². The van der Waals surface area contributed by atoms with Crippen LogP contribution in [0.25, 0.3) is 21.9 Å². The fraction of sp³-hybridized carbons (Fsp3) is 0.263. The number of rotatable bonds is 6. The average molecular weight is 326 g/mol. The smallest absolute Gasteiger partial charge is 0.307 e. The Morgan fingerprint density at radius 1 is 1.12 bits per heavy atom. The molecule has 0 bridgehead atoms. The first-order valence-corrected chi connectivity index (χ1v) is 7.94. The molecule has 0 fully saturated rings. The third-order valence-corrected chi connectivity index (χ3v) is 3.87. The first-order chi connectivity index (χ1) is 11.6. The SMILES string of the molecule is CCCCOc1cccc2c(=O)c3cccc(CC(=O)O)c3oc12. The van der Waals surface area contributed by atoms with Gasteiger partial charge >= 0.3 is 5.97 Å². The normalized spacial score (nSPS) is 11.0. The summed E-state index contributed by atoms with van der Waals surface area (Å²) in [4.78, 5) is 23.8. The molecule has 0 aliphatic rings. The van der Waals surface area contributed by atoms with Crippen LogP contribution in [0.5, 0.6) is 5.75 Å². The molecule has 1 heterocycles. The van der Waals surface area contributed by atoms with Crippen molar-refractivity contribution in [2.24, 2.45) is 0 Å². The van der Waals surface area contributed by atoms with Crippen molar-refractivity contribution in [1.29, 1.82) is 0 Å². The average Bonchev–Trinajstić information content (AvgIpc) is 2.56. The maximum atomic E-state index is 12.7. The van der Waals surface area contributed by atoms with E-state index in [4.69, 9.17) is 14.3 Å². The van der Waals surface area contributed by atoms with Gasteiger partial charge in [0.25, 0.3) is 0 Å². The zero-order valence-electron chi connectivity index (χ0n) is 13.4. The Morgan fingerprint density at radius 2 is 1.83 bits per heavy atom. The summed E-state index contributed by atoms with van der Waals surface area (Å²) in [7, 11) is 0. The summed E-state index contributed by atoms with van der Waals surface area (Å²) in [5, 5.41) is 9.88. The highest BCUT2D eigenvalue weighted by Gasteiger charge is 2.15. The van der Waals surface area contributed by atoms with Crippen LogP contribution in [-0.2, 0) is 11.2 Å². The van der Waals surface area contributed by atoms with Crippen LogP contribution >= 0.6 is 0 Å². The van der Waals surface area contributed by atoms with Crippen molar-refractivity contribution in [3.8, 4) is 5.75 Å². The van der Waals surface area contributed by atoms with Crippen LogP contribution in [0.1, 0.15) is 25.3 Å². The number of fused-ring (bicyclic) bond motifs is 2. The molecule has 0 unspecified atom stereocenters. The quantitative estimate of drug-likeness (QED) is 0.551. The largest absolute Gasteiger partial charge is 0.490 e. The Bertz CT molecular complexity index is 955. The van der Waals surface area contributed by atoms with Crippen molar-refractivity contribution >= 4 is 27.9 Å². The van der Waals surface area contributed by atoms with Gasteiger partial charge in [0, 0.05) is 5.56 Å². The molecule has 0 saturated carbocycles. The number of para-hydroxylation sites is 2. The number of hydrogen-bond acceptors (Lipinski definition) is 4. The Morgan fingerprint density at radius 3 is 2.54 bits per heavy atom. The number of aliphatic carboxylic acids is 1. The van der Waals surface area contributed by atoms with Gasteiger partial charge in [-0.2, -0.15) is 0 Å². The van der Waals surface area contributed by atoms with Crippen molar-refractivity contribution in [1.82, 2.24) is 0 Å². The van der Waals surface area contributed by atoms with Crippen LogP contribution in [0.2, 0.25) is 0 Å². The molecule has 0 atom stereocenters. The minimum absolute atomic E-state index is 0.181. The highest BCUT2D eigenvalue weighted by atomic mass is 16.5. The fourth-order valence-corrected chi connectivity index (χ4v) is 2.67. The summed E-state index contributed by atoms with van der Waals surface area (Å²) in [6.07, 6.45) is 1.70. The van der Waals surface area contributed by atoms with Crippen molar-refractivity contribution in [2.45, 2.75) is 26.2 Å². The van der Waals surface area contributed by atoms with E-state index >= 15 is 0 Å². The Kier molecular flexibility index (Phi) is 4.51. The van der Waals surface area contributed by atoms with Crippen LogP contribution in [0.4, 0.5) is 0 Å². The van der Waals surface area contributed by atoms with Crippen molar-refractivity contribution < 1.29 is 19.1 Å². The van der Waals surface area contributed by atoms with E-state index in [0.717, 1.165) is 12.8 Å². The van der Waals surface area contributed by atoms with E-state index in [0.29, 0.717) is 39.9 Å². The van der Waals surface area contributed by atoms with Gasteiger partial charge in [-0.25, -0.2) is 0 Å². The lowest BCUT2D eigenvalue weighted by Gasteiger charge is -2.10. The Balaban J connectivity index is 2.24. The zero-order chi connectivity index (χ0) is 17.1. The lowest BCUT2D eigenvalue weighted by Crippen LogP contribution is -2.07. The standard InChI is InChI=1S/C19H18O5/c1-2-3-10-23-15-9-5-8-14-17(22)13-7-4-6-12(11-16(20)21)18(13)24-19(14)15/h4-9H,2-3,10-11H2,1H3,(H,20,21). The summed E-state index contributed by atoms with van der Waals surface area (Å²) in [6, 6.07) is 10.2. The number of carboxylic acid groups (broad SMARTS) is 1. The number of carboxylic acids is 1. The first kappa shape index (κ1) is 16.1. The highest BCUT2D eigenvalue weighted by molar-refractivity contribution is 5.94. The summed E-state index contributed by atoms with van der Waals surface area (Å²) in [5.41, 5.74) is 0.967. The summed E-state index contributed by atoms with van der Waals surface area (Å²) < 4.78 is 11.7. The molecule has 3 aromatic rings. The second-order valence-corrected chi connectivity index (χ2v) is 5.63. The maximum absolute atomic E-state index is 12.7. The predicted octanol–water partition coefficient (Wildman–Crippen LogP) is 3.75. The van der Waals surface area contributed by atoms with Crippen LogP contribution in [0.3, 0.4) is 0 Å². The number of hydrogen-bond donors (Lipinski definition) is 1. The molecule has 2 aromatic carbocycles. The van der Waals surface area contributed by atoms with E-state index < -0.39 is 5.97 Å². The topological polar surface area (TPSA) is 76.7 Å². The van der Waals surface area contributed by atoms with Crippen molar-refractivity contribution in [3.05, 3.63) is 52.2 Å². The number of unbranched alkanes of at least 4 members (excludes halogenated alkanes) is 1. The molecule has 0 amide bonds. The molecule has 3 rings (SSSR count). The molecule has 124 valence electrons. The summed E-state index contributed by atoms with van der Waals surface area (Å²) in [6.45, 7) is 2.60. The molecule has 5 heteroatoms. The van der Waals surface area contributed by atoms with Crippen LogP contribution < -0.4 is 10.2 Å². The molecule has 5 nitrogen and oxygen atoms in total. The molecule has 0 radical (unpaired) electrons. The van der Waals surface area contributed by atoms with Crippen LogP contribution in [0, 0.1) is 0 Å². The number of benzene rings is 2. The van der Waals surface area contributed by atoms with Crippen molar-refractivity contribution in [2.75, 3.05) is 6.61 Å². The van der Waals surface area contributed by atoms with Gasteiger partial charge in [0.15, 0.2) is 11.3 Å². The van der Waals surface area contributed by atoms with Gasteiger partial charge < -0.3 is 14.3 Å². The second-order valence-electron chi connectivity index (χ2n) is 5.63. The molecular formula is C19H18O5. The third-order valence-electron chi connectivity index (χ3n) is 3.87. The zero-order valence-corrected chi connectivity index (χ0v) is 13.4. The molecule has 0 spiro atoms. The molecular weight excluding hydrogens is 308 g/mol. The summed E-state index contributed by atoms with van der Waals surface area (Å²) in [5.74, 6) is -0.470. The van der Waals surface area contributed by atoms with E-state index in [1.165, 1.54) is 0 Å². The van der Waals surface area contributed by atoms with Gasteiger partial charge in [0.1, 0.15) is 5.58 Å². The van der Waals surface area contributed by atoms with Gasteiger partial charge in [-0.1, -0.05) is 31.5 Å². The van der Waals surface area contributed by atoms with Crippen LogP contribution in [0.15, 0.2) is 45.6 Å². The molecule has 1 aromatic heterocycles. The van der Waals surface area contributed by atoms with E-state index in [1.54, 1.807) is 36.4 Å². The lowest BCUT2D eigenvalue weighted by atomic mass is 10.1. The third kappa shape index (κ3) is 2.97. The Labute approximate surface area is 138 Å². The number of carbonyl (C=O) groups is 1. The second kappa shape index (κ2) is 6.74. The minimum Gasteiger partial charge on any atom is -0.490 e. The van der Waals surface area contributed by atoms with Crippen molar-refractivity contribution in [3.63, 3.8) is 0 Å². The molecule has 0 aliphatic carbocycles. The summed E-state index contributed by atoms with van der Waals surface area (Å²) >= 11 is 0. The van der Waals surface area contributed by atoms with Gasteiger partial charge in [0.2, 0.25) is 5.43 Å². The predicted molar refractivity (Wildman–Crippen MR) is 91.7 cm³/mol. The molecule has 24 heavy (non-hydrogen) atoms. The molecule has 1 N–H and O–H groups in total. The maximum Gasteiger partial charge on any atom is 0.307 e. The van der Waals surface area contributed by atoms with Gasteiger partial charge in [-0.05, 0) is 24.6 Å². The van der Waals surface area contributed by atoms with E-state index in [1.807, 2.05) is 0 Å². The minimum atomic E-state index is -0.974. The molecule has 0 saturated heterocycles. The van der Waals surface area contributed by atoms with E-state index in [2.05, 4.69) is 6.92 Å². The van der Waals surface area contributed by atoms with E-state index in [9.17, 15) is 9.59 Å². The monoisotopic (exact) mass is 326 g/mol.